The zero-order chi connectivity index (χ0) is 23.1. The second-order valence-corrected chi connectivity index (χ2v) is 8.54. The van der Waals surface area contributed by atoms with Crippen molar-refractivity contribution in [3.05, 3.63) is 62.1 Å². The van der Waals surface area contributed by atoms with Gasteiger partial charge in [-0.1, -0.05) is 47.8 Å². The molecule has 0 aliphatic heterocycles. The molecule has 1 atom stereocenters. The molecule has 0 saturated carbocycles. The van der Waals surface area contributed by atoms with Gasteiger partial charge in [0.15, 0.2) is 6.61 Å². The second-order valence-electron chi connectivity index (χ2n) is 7.35. The molecular weight excluding hydrogens is 459 g/mol. The Hall–Kier alpha value is -1.95. The molecule has 0 aromatic heterocycles. The number of nitrogens with zero attached hydrogens (tertiary/aromatic N) is 1. The van der Waals surface area contributed by atoms with Crippen molar-refractivity contribution >= 4 is 46.6 Å². The predicted octanol–water partition coefficient (Wildman–Crippen LogP) is 5.59. The summed E-state index contributed by atoms with van der Waals surface area (Å²) in [7, 11) is 0. The Morgan fingerprint density at radius 3 is 2.23 bits per heavy atom. The summed E-state index contributed by atoms with van der Waals surface area (Å²) in [5.41, 5.74) is 2.29. The number of nitrogens with one attached hydrogen (secondary N) is 1. The summed E-state index contributed by atoms with van der Waals surface area (Å²) in [6, 6.07) is 7.94. The number of halogens is 3. The number of hydrogen-bond donors (Lipinski definition) is 1. The molecule has 0 unspecified atom stereocenters. The van der Waals surface area contributed by atoms with E-state index in [1.807, 2.05) is 20.8 Å². The van der Waals surface area contributed by atoms with E-state index in [2.05, 4.69) is 5.32 Å². The van der Waals surface area contributed by atoms with Crippen LogP contribution in [0.3, 0.4) is 0 Å². The summed E-state index contributed by atoms with van der Waals surface area (Å²) < 4.78 is 5.73. The summed E-state index contributed by atoms with van der Waals surface area (Å²) in [6.45, 7) is 7.74. The van der Waals surface area contributed by atoms with Crippen LogP contribution in [0.15, 0.2) is 30.3 Å². The summed E-state index contributed by atoms with van der Waals surface area (Å²) in [6.07, 6.45) is 0.793. The molecule has 0 spiro atoms. The number of aryl methyl sites for hydroxylation is 2. The third-order valence-electron chi connectivity index (χ3n) is 4.88. The molecule has 5 nitrogen and oxygen atoms in total. The molecule has 2 rings (SSSR count). The van der Waals surface area contributed by atoms with Crippen LogP contribution in [-0.2, 0) is 16.1 Å². The maximum absolute atomic E-state index is 13.1. The van der Waals surface area contributed by atoms with Gasteiger partial charge in [0.1, 0.15) is 11.8 Å². The van der Waals surface area contributed by atoms with Crippen molar-refractivity contribution < 1.29 is 14.3 Å². The number of rotatable bonds is 9. The first-order valence-electron chi connectivity index (χ1n) is 10.0. The lowest BCUT2D eigenvalue weighted by Crippen LogP contribution is -2.49. The molecule has 2 amide bonds. The lowest BCUT2D eigenvalue weighted by molar-refractivity contribution is -0.142. The molecule has 0 radical (unpaired) electrons. The molecule has 168 valence electrons. The fourth-order valence-corrected chi connectivity index (χ4v) is 3.68. The highest BCUT2D eigenvalue weighted by Crippen LogP contribution is 2.28. The Labute approximate surface area is 198 Å². The first kappa shape index (κ1) is 25.3. The first-order valence-corrected chi connectivity index (χ1v) is 11.2. The number of hydrogen-bond acceptors (Lipinski definition) is 3. The van der Waals surface area contributed by atoms with Gasteiger partial charge in [-0.05, 0) is 62.6 Å². The first-order chi connectivity index (χ1) is 14.6. The average Bonchev–Trinajstić information content (AvgIpc) is 2.73. The topological polar surface area (TPSA) is 58.6 Å². The van der Waals surface area contributed by atoms with Crippen molar-refractivity contribution in [2.75, 3.05) is 13.2 Å². The minimum absolute atomic E-state index is 0.0834. The Balaban J connectivity index is 2.24. The fraction of sp³-hybridized carbons (Fsp3) is 0.391. The maximum atomic E-state index is 13.1. The van der Waals surface area contributed by atoms with Crippen LogP contribution >= 0.6 is 34.8 Å². The number of benzene rings is 2. The summed E-state index contributed by atoms with van der Waals surface area (Å²) >= 11 is 18.8. The van der Waals surface area contributed by atoms with Gasteiger partial charge >= 0.3 is 0 Å². The molecule has 0 saturated heterocycles. The van der Waals surface area contributed by atoms with Gasteiger partial charge in [-0.25, -0.2) is 0 Å². The molecule has 0 fully saturated rings. The lowest BCUT2D eigenvalue weighted by Gasteiger charge is -2.29. The Bertz CT molecular complexity index is 906. The third-order valence-corrected chi connectivity index (χ3v) is 6.18. The van der Waals surface area contributed by atoms with Gasteiger partial charge in [0.2, 0.25) is 5.91 Å². The predicted molar refractivity (Wildman–Crippen MR) is 126 cm³/mol. The normalized spacial score (nSPS) is 11.7. The minimum atomic E-state index is -0.733. The zero-order valence-corrected chi connectivity index (χ0v) is 20.4. The monoisotopic (exact) mass is 484 g/mol. The molecule has 2 aromatic rings. The van der Waals surface area contributed by atoms with Crippen LogP contribution in [0.5, 0.6) is 5.75 Å². The van der Waals surface area contributed by atoms with E-state index in [1.165, 1.54) is 4.90 Å². The highest BCUT2D eigenvalue weighted by Gasteiger charge is 2.27. The largest absolute Gasteiger partial charge is 0.484 e. The van der Waals surface area contributed by atoms with E-state index >= 15 is 0 Å². The van der Waals surface area contributed by atoms with Crippen LogP contribution in [0, 0.1) is 13.8 Å². The van der Waals surface area contributed by atoms with Crippen LogP contribution in [0.1, 0.15) is 37.0 Å². The number of amides is 2. The van der Waals surface area contributed by atoms with E-state index in [1.54, 1.807) is 37.3 Å². The van der Waals surface area contributed by atoms with Crippen molar-refractivity contribution in [3.8, 4) is 5.75 Å². The van der Waals surface area contributed by atoms with Crippen molar-refractivity contribution in [1.29, 1.82) is 0 Å². The fourth-order valence-electron chi connectivity index (χ4n) is 3.05. The van der Waals surface area contributed by atoms with Crippen molar-refractivity contribution in [2.45, 2.75) is 46.7 Å². The standard InChI is InChI=1S/C23H27Cl3N2O3/c1-5-9-27-23(30)16(4)28(12-18-19(24)7-6-8-20(18)25)21(29)13-31-17-10-14(2)22(26)15(3)11-17/h6-8,10-11,16H,5,9,12-13H2,1-4H3,(H,27,30)/t16-/m1/s1. The number of carbonyl (C=O) groups is 2. The van der Waals surface area contributed by atoms with Crippen molar-refractivity contribution in [2.24, 2.45) is 0 Å². The third kappa shape index (κ3) is 6.76. The zero-order valence-electron chi connectivity index (χ0n) is 18.1. The van der Waals surface area contributed by atoms with Gasteiger partial charge in [-0.3, -0.25) is 9.59 Å². The molecule has 8 heteroatoms. The molecule has 0 aliphatic carbocycles. The Morgan fingerprint density at radius 1 is 1.10 bits per heavy atom. The number of carbonyl (C=O) groups excluding carboxylic acids is 2. The second kappa shape index (κ2) is 11.6. The maximum Gasteiger partial charge on any atom is 0.261 e. The lowest BCUT2D eigenvalue weighted by atomic mass is 10.1. The van der Waals surface area contributed by atoms with Crippen molar-refractivity contribution in [3.63, 3.8) is 0 Å². The van der Waals surface area contributed by atoms with E-state index in [0.29, 0.717) is 32.9 Å². The van der Waals surface area contributed by atoms with Crippen LogP contribution in [-0.4, -0.2) is 35.9 Å². The average molecular weight is 486 g/mol. The van der Waals surface area contributed by atoms with E-state index in [9.17, 15) is 9.59 Å². The van der Waals surface area contributed by atoms with Gasteiger partial charge in [0, 0.05) is 33.7 Å². The smallest absolute Gasteiger partial charge is 0.261 e. The highest BCUT2D eigenvalue weighted by molar-refractivity contribution is 6.36. The molecule has 1 N–H and O–H groups in total. The summed E-state index contributed by atoms with van der Waals surface area (Å²) in [5, 5.41) is 4.34. The SMILES string of the molecule is CCCNC(=O)[C@@H](C)N(Cc1c(Cl)cccc1Cl)C(=O)COc1cc(C)c(Cl)c(C)c1. The van der Waals surface area contributed by atoms with E-state index in [0.717, 1.165) is 17.5 Å². The van der Waals surface area contributed by atoms with Crippen LogP contribution < -0.4 is 10.1 Å². The molecule has 0 heterocycles. The molecule has 31 heavy (non-hydrogen) atoms. The van der Waals surface area contributed by atoms with Crippen LogP contribution in [0.4, 0.5) is 0 Å². The Morgan fingerprint density at radius 2 is 1.68 bits per heavy atom. The van der Waals surface area contributed by atoms with Gasteiger partial charge in [0.25, 0.3) is 5.91 Å². The molecule has 2 aromatic carbocycles. The molecule has 0 bridgehead atoms. The van der Waals surface area contributed by atoms with Crippen LogP contribution in [0.2, 0.25) is 15.1 Å². The van der Waals surface area contributed by atoms with Crippen LogP contribution in [0.25, 0.3) is 0 Å². The van der Waals surface area contributed by atoms with Gasteiger partial charge in [-0.2, -0.15) is 0 Å². The Kier molecular flexibility index (Phi) is 9.48. The highest BCUT2D eigenvalue weighted by atomic mass is 35.5. The van der Waals surface area contributed by atoms with Crippen molar-refractivity contribution in [1.82, 2.24) is 10.2 Å². The van der Waals surface area contributed by atoms with Gasteiger partial charge in [-0.15, -0.1) is 0 Å². The minimum Gasteiger partial charge on any atom is -0.484 e. The van der Waals surface area contributed by atoms with E-state index < -0.39 is 6.04 Å². The molecular formula is C23H27Cl3N2O3. The molecule has 0 aliphatic rings. The van der Waals surface area contributed by atoms with E-state index in [4.69, 9.17) is 39.5 Å². The quantitative estimate of drug-likeness (QED) is 0.504. The summed E-state index contributed by atoms with van der Waals surface area (Å²) in [4.78, 5) is 27.1. The summed E-state index contributed by atoms with van der Waals surface area (Å²) in [5.74, 6) is -0.0801. The van der Waals surface area contributed by atoms with Gasteiger partial charge < -0.3 is 15.0 Å². The van der Waals surface area contributed by atoms with Gasteiger partial charge in [0.05, 0.1) is 0 Å². The van der Waals surface area contributed by atoms with E-state index in [-0.39, 0.29) is 25.0 Å². The number of ether oxygens (including phenoxy) is 1.